The molecule has 0 spiro atoms. The molecule has 1 aliphatic carbocycles. The van der Waals surface area contributed by atoms with Crippen molar-refractivity contribution in [3.8, 4) is 28.3 Å². The second-order valence-corrected chi connectivity index (χ2v) is 7.00. The van der Waals surface area contributed by atoms with Gasteiger partial charge < -0.3 is 15.8 Å². The molecule has 0 radical (unpaired) electrons. The van der Waals surface area contributed by atoms with E-state index in [2.05, 4.69) is 21.4 Å². The Bertz CT molecular complexity index is 1130. The number of nitrogens with zero attached hydrogens (tertiary/aromatic N) is 5. The second kappa shape index (κ2) is 8.36. The molecule has 0 fully saturated rings. The summed E-state index contributed by atoms with van der Waals surface area (Å²) in [5.74, 6) is 1.47. The lowest BCUT2D eigenvalue weighted by Crippen LogP contribution is -2.11. The van der Waals surface area contributed by atoms with Crippen LogP contribution >= 0.6 is 0 Å². The highest BCUT2D eigenvalue weighted by molar-refractivity contribution is 5.93. The van der Waals surface area contributed by atoms with Crippen LogP contribution in [0.25, 0.3) is 22.5 Å². The van der Waals surface area contributed by atoms with Gasteiger partial charge in [0, 0.05) is 37.1 Å². The van der Waals surface area contributed by atoms with E-state index in [0.717, 1.165) is 58.9 Å². The van der Waals surface area contributed by atoms with Crippen molar-refractivity contribution < 1.29 is 4.74 Å². The predicted octanol–water partition coefficient (Wildman–Crippen LogP) is 2.76. The minimum Gasteiger partial charge on any atom is -0.497 e. The Kier molecular flexibility index (Phi) is 5.47. The summed E-state index contributed by atoms with van der Waals surface area (Å²) in [6, 6.07) is 7.97. The summed E-state index contributed by atoms with van der Waals surface area (Å²) >= 11 is 0. The Hall–Kier alpha value is -3.68. The van der Waals surface area contributed by atoms with Gasteiger partial charge in [-0.25, -0.2) is 9.97 Å². The standard InChI is InChI=1S/C22H25N7O/c1-4-24-11-10-18(23)26-22-25-13-15-8-9-17-19(20(15)27-22)21(29(2)28-17)14-6-5-7-16(12-14)30-3/h5-7,10-13,24H,4,8-9H2,1-3H3,(H2,23,25,26,27)/b11-10-. The quantitative estimate of drug-likeness (QED) is 0.485. The highest BCUT2D eigenvalue weighted by Crippen LogP contribution is 2.40. The van der Waals surface area contributed by atoms with Crippen molar-refractivity contribution in [1.29, 1.82) is 0 Å². The van der Waals surface area contributed by atoms with Crippen molar-refractivity contribution in [2.45, 2.75) is 19.8 Å². The number of nitrogens with two attached hydrogens (primary N) is 1. The van der Waals surface area contributed by atoms with E-state index in [1.165, 1.54) is 0 Å². The average molecular weight is 403 g/mol. The largest absolute Gasteiger partial charge is 0.497 e. The fourth-order valence-corrected chi connectivity index (χ4v) is 3.62. The van der Waals surface area contributed by atoms with Crippen LogP contribution in [0.5, 0.6) is 5.75 Å². The van der Waals surface area contributed by atoms with E-state index in [-0.39, 0.29) is 0 Å². The highest BCUT2D eigenvalue weighted by atomic mass is 16.5. The number of amidine groups is 1. The highest BCUT2D eigenvalue weighted by Gasteiger charge is 2.27. The number of nitrogens with one attached hydrogen (secondary N) is 1. The number of aryl methyl sites for hydroxylation is 3. The smallest absolute Gasteiger partial charge is 0.251 e. The van der Waals surface area contributed by atoms with Crippen molar-refractivity contribution >= 4 is 11.8 Å². The first kappa shape index (κ1) is 19.6. The van der Waals surface area contributed by atoms with Crippen molar-refractivity contribution in [3.05, 3.63) is 54.0 Å². The zero-order valence-corrected chi connectivity index (χ0v) is 17.4. The number of ether oxygens (including phenoxy) is 1. The fourth-order valence-electron chi connectivity index (χ4n) is 3.62. The van der Waals surface area contributed by atoms with Gasteiger partial charge in [-0.3, -0.25) is 4.68 Å². The maximum Gasteiger partial charge on any atom is 0.251 e. The summed E-state index contributed by atoms with van der Waals surface area (Å²) in [5, 5.41) is 7.82. The van der Waals surface area contributed by atoms with Crippen molar-refractivity contribution in [3.63, 3.8) is 0 Å². The van der Waals surface area contributed by atoms with Crippen LogP contribution in [0.15, 0.2) is 47.7 Å². The minimum absolute atomic E-state index is 0.334. The molecule has 0 bridgehead atoms. The van der Waals surface area contributed by atoms with Crippen LogP contribution in [0.1, 0.15) is 18.2 Å². The Morgan fingerprint density at radius 3 is 3.03 bits per heavy atom. The van der Waals surface area contributed by atoms with Gasteiger partial charge in [-0.1, -0.05) is 12.1 Å². The molecule has 0 aliphatic heterocycles. The molecule has 0 saturated heterocycles. The number of rotatable bonds is 6. The van der Waals surface area contributed by atoms with Gasteiger partial charge in [0.1, 0.15) is 11.6 Å². The Balaban J connectivity index is 1.80. The van der Waals surface area contributed by atoms with Crippen LogP contribution in [0.2, 0.25) is 0 Å². The Morgan fingerprint density at radius 1 is 1.37 bits per heavy atom. The zero-order valence-electron chi connectivity index (χ0n) is 17.4. The molecule has 2 aromatic heterocycles. The van der Waals surface area contributed by atoms with Gasteiger partial charge in [-0.15, -0.1) is 0 Å². The van der Waals surface area contributed by atoms with Crippen LogP contribution in [0.3, 0.4) is 0 Å². The third-order valence-corrected chi connectivity index (χ3v) is 4.99. The lowest BCUT2D eigenvalue weighted by Gasteiger charge is -2.16. The minimum atomic E-state index is 0.334. The van der Waals surface area contributed by atoms with Gasteiger partial charge in [0.25, 0.3) is 5.95 Å². The van der Waals surface area contributed by atoms with Gasteiger partial charge in [0.05, 0.1) is 24.2 Å². The fraction of sp³-hybridized carbons (Fsp3) is 0.273. The normalized spacial score (nSPS) is 13.2. The van der Waals surface area contributed by atoms with E-state index >= 15 is 0 Å². The summed E-state index contributed by atoms with van der Waals surface area (Å²) in [7, 11) is 3.62. The lowest BCUT2D eigenvalue weighted by molar-refractivity contribution is 0.415. The van der Waals surface area contributed by atoms with Crippen molar-refractivity contribution in [2.24, 2.45) is 17.8 Å². The second-order valence-electron chi connectivity index (χ2n) is 7.00. The third kappa shape index (κ3) is 3.76. The van der Waals surface area contributed by atoms with Crippen LogP contribution in [-0.2, 0) is 19.9 Å². The molecule has 1 aliphatic rings. The molecule has 1 aromatic carbocycles. The molecule has 4 rings (SSSR count). The maximum absolute atomic E-state index is 5.99. The summed E-state index contributed by atoms with van der Waals surface area (Å²) in [6.07, 6.45) is 6.99. The van der Waals surface area contributed by atoms with Crippen LogP contribution < -0.4 is 15.8 Å². The maximum atomic E-state index is 5.99. The molecule has 8 nitrogen and oxygen atoms in total. The molecular formula is C22H25N7O. The first-order valence-electron chi connectivity index (χ1n) is 9.91. The topological polar surface area (TPSA) is 103 Å². The number of hydrogen-bond acceptors (Lipinski definition) is 6. The summed E-state index contributed by atoms with van der Waals surface area (Å²) in [4.78, 5) is 13.5. The van der Waals surface area contributed by atoms with Crippen LogP contribution in [0, 0.1) is 0 Å². The molecule has 0 unspecified atom stereocenters. The molecule has 2 heterocycles. The number of hydrogen-bond donors (Lipinski definition) is 2. The molecule has 0 atom stereocenters. The summed E-state index contributed by atoms with van der Waals surface area (Å²) < 4.78 is 7.32. The number of aromatic nitrogens is 4. The van der Waals surface area contributed by atoms with Gasteiger partial charge >= 0.3 is 0 Å². The summed E-state index contributed by atoms with van der Waals surface area (Å²) in [6.45, 7) is 2.83. The molecule has 0 saturated carbocycles. The first-order valence-corrected chi connectivity index (χ1v) is 9.91. The van der Waals surface area contributed by atoms with Crippen molar-refractivity contribution in [1.82, 2.24) is 25.1 Å². The van der Waals surface area contributed by atoms with Crippen molar-refractivity contribution in [2.75, 3.05) is 13.7 Å². The molecular weight excluding hydrogens is 378 g/mol. The van der Waals surface area contributed by atoms with Gasteiger partial charge in [-0.05, 0) is 43.5 Å². The van der Waals surface area contributed by atoms with Crippen LogP contribution in [-0.4, -0.2) is 39.2 Å². The van der Waals surface area contributed by atoms with Gasteiger partial charge in [-0.2, -0.15) is 10.1 Å². The molecule has 30 heavy (non-hydrogen) atoms. The molecule has 8 heteroatoms. The predicted molar refractivity (Wildman–Crippen MR) is 118 cm³/mol. The van der Waals surface area contributed by atoms with E-state index in [1.807, 2.05) is 43.0 Å². The first-order chi connectivity index (χ1) is 14.6. The zero-order chi connectivity index (χ0) is 21.1. The van der Waals surface area contributed by atoms with E-state index in [9.17, 15) is 0 Å². The molecule has 3 N–H and O–H groups in total. The molecule has 0 amide bonds. The van der Waals surface area contributed by atoms with Crippen LogP contribution in [0.4, 0.5) is 5.95 Å². The SMILES string of the molecule is CCN/C=C\C(N)=N/c1ncc2c(n1)-c1c(nn(C)c1-c1cccc(OC)c1)CC2. The van der Waals surface area contributed by atoms with E-state index in [0.29, 0.717) is 11.8 Å². The monoisotopic (exact) mass is 403 g/mol. The lowest BCUT2D eigenvalue weighted by atomic mass is 9.91. The van der Waals surface area contributed by atoms with Gasteiger partial charge in [0.2, 0.25) is 0 Å². The van der Waals surface area contributed by atoms with E-state index < -0.39 is 0 Å². The number of fused-ring (bicyclic) bond motifs is 3. The van der Waals surface area contributed by atoms with Gasteiger partial charge in [0.15, 0.2) is 0 Å². The third-order valence-electron chi connectivity index (χ3n) is 4.99. The number of benzene rings is 1. The summed E-state index contributed by atoms with van der Waals surface area (Å²) in [5.41, 5.74) is 12.0. The molecule has 154 valence electrons. The van der Waals surface area contributed by atoms with E-state index in [1.54, 1.807) is 19.4 Å². The molecule has 3 aromatic rings. The number of aliphatic imine (C=N–C) groups is 1. The Morgan fingerprint density at radius 2 is 2.23 bits per heavy atom. The average Bonchev–Trinajstić information content (AvgIpc) is 3.10. The van der Waals surface area contributed by atoms with E-state index in [4.69, 9.17) is 20.6 Å². The number of methoxy groups -OCH3 is 1. The Labute approximate surface area is 175 Å².